The zero-order valence-corrected chi connectivity index (χ0v) is 11.8. The molecule has 0 bridgehead atoms. The first-order chi connectivity index (χ1) is 9.83. The molecule has 0 aliphatic rings. The molecule has 0 amide bonds. The second kappa shape index (κ2) is 4.39. The molecule has 0 radical (unpaired) electrons. The van der Waals surface area contributed by atoms with Gasteiger partial charge in [0.25, 0.3) is 0 Å². The Morgan fingerprint density at radius 1 is 0.850 bits per heavy atom. The summed E-state index contributed by atoms with van der Waals surface area (Å²) in [5.74, 6) is 0.808. The summed E-state index contributed by atoms with van der Waals surface area (Å²) in [6, 6.07) is 18.6. The van der Waals surface area contributed by atoms with Gasteiger partial charge in [-0.25, -0.2) is 9.97 Å². The number of hydrogen-bond acceptors (Lipinski definition) is 3. The van der Waals surface area contributed by atoms with E-state index < -0.39 is 0 Å². The van der Waals surface area contributed by atoms with Crippen LogP contribution >= 0.6 is 11.3 Å². The van der Waals surface area contributed by atoms with Gasteiger partial charge in [-0.2, -0.15) is 0 Å². The van der Waals surface area contributed by atoms with Crippen LogP contribution in [0.3, 0.4) is 0 Å². The second-order valence-corrected chi connectivity index (χ2v) is 5.81. The third-order valence-electron chi connectivity index (χ3n) is 3.45. The predicted octanol–water partition coefficient (Wildman–Crippen LogP) is 4.82. The Kier molecular flexibility index (Phi) is 2.54. The SMILES string of the molecule is Cc1nc(-c2ccccc2)nc2sc3ccccc3c12. The van der Waals surface area contributed by atoms with Crippen LogP contribution in [0.5, 0.6) is 0 Å². The molecule has 4 rings (SSSR count). The van der Waals surface area contributed by atoms with Crippen molar-refractivity contribution in [2.24, 2.45) is 0 Å². The Morgan fingerprint density at radius 2 is 1.60 bits per heavy atom. The van der Waals surface area contributed by atoms with Gasteiger partial charge in [0.1, 0.15) is 4.83 Å². The van der Waals surface area contributed by atoms with Crippen LogP contribution in [-0.4, -0.2) is 9.97 Å². The van der Waals surface area contributed by atoms with E-state index in [-0.39, 0.29) is 0 Å². The number of aryl methyl sites for hydroxylation is 1. The monoisotopic (exact) mass is 276 g/mol. The quantitative estimate of drug-likeness (QED) is 0.498. The lowest BCUT2D eigenvalue weighted by molar-refractivity contribution is 1.17. The highest BCUT2D eigenvalue weighted by Gasteiger charge is 2.11. The fraction of sp³-hybridized carbons (Fsp3) is 0.0588. The molecular weight excluding hydrogens is 264 g/mol. The van der Waals surface area contributed by atoms with Gasteiger partial charge < -0.3 is 0 Å². The van der Waals surface area contributed by atoms with Crippen LogP contribution in [0.15, 0.2) is 54.6 Å². The van der Waals surface area contributed by atoms with Gasteiger partial charge in [-0.15, -0.1) is 11.3 Å². The van der Waals surface area contributed by atoms with Gasteiger partial charge >= 0.3 is 0 Å². The summed E-state index contributed by atoms with van der Waals surface area (Å²) in [7, 11) is 0. The van der Waals surface area contributed by atoms with E-state index in [1.54, 1.807) is 11.3 Å². The molecule has 0 saturated carbocycles. The molecule has 0 saturated heterocycles. The molecular formula is C17H12N2S. The third-order valence-corrected chi connectivity index (χ3v) is 4.52. The molecule has 2 aromatic heterocycles. The van der Waals surface area contributed by atoms with Crippen molar-refractivity contribution in [1.82, 2.24) is 9.97 Å². The highest BCUT2D eigenvalue weighted by Crippen LogP contribution is 2.34. The number of benzene rings is 2. The van der Waals surface area contributed by atoms with E-state index in [0.717, 1.165) is 21.9 Å². The molecule has 4 aromatic rings. The lowest BCUT2D eigenvalue weighted by Gasteiger charge is -2.02. The average molecular weight is 276 g/mol. The molecule has 3 heteroatoms. The van der Waals surface area contributed by atoms with Crippen molar-refractivity contribution in [3.8, 4) is 11.4 Å². The van der Waals surface area contributed by atoms with Gasteiger partial charge in [-0.1, -0.05) is 48.5 Å². The molecule has 0 N–H and O–H groups in total. The first-order valence-electron chi connectivity index (χ1n) is 6.54. The summed E-state index contributed by atoms with van der Waals surface area (Å²) >= 11 is 1.73. The summed E-state index contributed by atoms with van der Waals surface area (Å²) in [6.07, 6.45) is 0. The van der Waals surface area contributed by atoms with E-state index in [0.29, 0.717) is 0 Å². The number of hydrogen-bond donors (Lipinski definition) is 0. The van der Waals surface area contributed by atoms with Crippen LogP contribution in [0, 0.1) is 6.92 Å². The van der Waals surface area contributed by atoms with Gasteiger partial charge in [-0.05, 0) is 13.0 Å². The van der Waals surface area contributed by atoms with Crippen molar-refractivity contribution in [3.63, 3.8) is 0 Å². The van der Waals surface area contributed by atoms with Gasteiger partial charge in [0.2, 0.25) is 0 Å². The number of rotatable bonds is 1. The summed E-state index contributed by atoms with van der Waals surface area (Å²) in [5.41, 5.74) is 2.11. The number of thiophene rings is 1. The summed E-state index contributed by atoms with van der Waals surface area (Å²) in [6.45, 7) is 2.07. The molecule has 0 spiro atoms. The maximum Gasteiger partial charge on any atom is 0.161 e. The minimum absolute atomic E-state index is 0.808. The summed E-state index contributed by atoms with van der Waals surface area (Å²) in [4.78, 5) is 10.5. The Hall–Kier alpha value is -2.26. The van der Waals surface area contributed by atoms with Crippen LogP contribution < -0.4 is 0 Å². The van der Waals surface area contributed by atoms with Crippen molar-refractivity contribution in [2.75, 3.05) is 0 Å². The van der Waals surface area contributed by atoms with E-state index in [2.05, 4.69) is 36.2 Å². The minimum atomic E-state index is 0.808. The zero-order chi connectivity index (χ0) is 13.5. The van der Waals surface area contributed by atoms with Gasteiger partial charge in [0, 0.05) is 21.0 Å². The van der Waals surface area contributed by atoms with Gasteiger partial charge in [0.15, 0.2) is 5.82 Å². The Balaban J connectivity index is 2.06. The predicted molar refractivity (Wildman–Crippen MR) is 85.1 cm³/mol. The molecule has 20 heavy (non-hydrogen) atoms. The smallest absolute Gasteiger partial charge is 0.161 e. The van der Waals surface area contributed by atoms with Crippen LogP contribution in [0.1, 0.15) is 5.69 Å². The fourth-order valence-corrected chi connectivity index (χ4v) is 3.64. The molecule has 0 aliphatic heterocycles. The number of fused-ring (bicyclic) bond motifs is 3. The highest BCUT2D eigenvalue weighted by atomic mass is 32.1. The third kappa shape index (κ3) is 1.71. The lowest BCUT2D eigenvalue weighted by Crippen LogP contribution is -1.91. The van der Waals surface area contributed by atoms with E-state index in [4.69, 9.17) is 4.98 Å². The van der Waals surface area contributed by atoms with Crippen LogP contribution in [0.2, 0.25) is 0 Å². The number of nitrogens with zero attached hydrogens (tertiary/aromatic N) is 2. The Morgan fingerprint density at radius 3 is 2.45 bits per heavy atom. The molecule has 2 heterocycles. The fourth-order valence-electron chi connectivity index (χ4n) is 2.51. The number of aromatic nitrogens is 2. The van der Waals surface area contributed by atoms with E-state index in [1.165, 1.54) is 15.5 Å². The molecule has 96 valence electrons. The van der Waals surface area contributed by atoms with Crippen molar-refractivity contribution in [2.45, 2.75) is 6.92 Å². The average Bonchev–Trinajstić information content (AvgIpc) is 2.87. The van der Waals surface area contributed by atoms with Crippen molar-refractivity contribution >= 4 is 31.6 Å². The van der Waals surface area contributed by atoms with Crippen LogP contribution in [0.25, 0.3) is 31.7 Å². The minimum Gasteiger partial charge on any atom is -0.233 e. The molecule has 0 unspecified atom stereocenters. The molecule has 0 fully saturated rings. The molecule has 0 aliphatic carbocycles. The van der Waals surface area contributed by atoms with Gasteiger partial charge in [0.05, 0.1) is 5.69 Å². The summed E-state index contributed by atoms with van der Waals surface area (Å²) in [5, 5.41) is 2.44. The first-order valence-corrected chi connectivity index (χ1v) is 7.36. The van der Waals surface area contributed by atoms with Crippen molar-refractivity contribution in [3.05, 3.63) is 60.3 Å². The zero-order valence-electron chi connectivity index (χ0n) is 11.0. The lowest BCUT2D eigenvalue weighted by atomic mass is 10.1. The van der Waals surface area contributed by atoms with E-state index >= 15 is 0 Å². The summed E-state index contributed by atoms with van der Waals surface area (Å²) < 4.78 is 1.27. The standard InChI is InChI=1S/C17H12N2S/c1-11-15-13-9-5-6-10-14(13)20-17(15)19-16(18-11)12-7-3-2-4-8-12/h2-10H,1H3. The van der Waals surface area contributed by atoms with Crippen molar-refractivity contribution in [1.29, 1.82) is 0 Å². The Labute approximate surface area is 120 Å². The first kappa shape index (κ1) is 11.6. The molecule has 2 aromatic carbocycles. The molecule has 0 atom stereocenters. The normalized spacial score (nSPS) is 11.2. The molecule has 2 nitrogen and oxygen atoms in total. The largest absolute Gasteiger partial charge is 0.233 e. The van der Waals surface area contributed by atoms with Crippen LogP contribution in [0.4, 0.5) is 0 Å². The van der Waals surface area contributed by atoms with Gasteiger partial charge in [-0.3, -0.25) is 0 Å². The van der Waals surface area contributed by atoms with Crippen molar-refractivity contribution < 1.29 is 0 Å². The maximum atomic E-state index is 4.75. The Bertz CT molecular complexity index is 910. The van der Waals surface area contributed by atoms with E-state index in [1.807, 2.05) is 30.3 Å². The highest BCUT2D eigenvalue weighted by molar-refractivity contribution is 7.25. The van der Waals surface area contributed by atoms with E-state index in [9.17, 15) is 0 Å². The van der Waals surface area contributed by atoms with Crippen LogP contribution in [-0.2, 0) is 0 Å². The maximum absolute atomic E-state index is 4.75. The topological polar surface area (TPSA) is 25.8 Å². The second-order valence-electron chi connectivity index (χ2n) is 4.78.